The van der Waals surface area contributed by atoms with E-state index in [0.29, 0.717) is 0 Å². The third-order valence-electron chi connectivity index (χ3n) is 1.74. The molecule has 0 atom stereocenters. The van der Waals surface area contributed by atoms with Gasteiger partial charge in [0, 0.05) is 0 Å². The maximum absolute atomic E-state index is 5.33. The third kappa shape index (κ3) is 2.26. The molecule has 1 radical (unpaired) electrons. The van der Waals surface area contributed by atoms with Gasteiger partial charge >= 0.3 is 0 Å². The van der Waals surface area contributed by atoms with Gasteiger partial charge < -0.3 is 4.74 Å². The van der Waals surface area contributed by atoms with E-state index in [1.807, 2.05) is 19.1 Å². The van der Waals surface area contributed by atoms with Crippen LogP contribution >= 0.6 is 0 Å². The monoisotopic (exact) mass is 163 g/mol. The van der Waals surface area contributed by atoms with E-state index in [1.54, 1.807) is 0 Å². The van der Waals surface area contributed by atoms with Gasteiger partial charge in [0.2, 0.25) is 0 Å². The van der Waals surface area contributed by atoms with E-state index in [0.717, 1.165) is 12.4 Å². The van der Waals surface area contributed by atoms with E-state index >= 15 is 0 Å². The predicted molar refractivity (Wildman–Crippen MR) is 51.3 cm³/mol. The quantitative estimate of drug-likeness (QED) is 0.665. The Morgan fingerprint density at radius 2 is 1.75 bits per heavy atom. The lowest BCUT2D eigenvalue weighted by Gasteiger charge is -2.06. The highest BCUT2D eigenvalue weighted by Gasteiger charge is 1.98. The normalized spacial score (nSPS) is 10.3. The van der Waals surface area contributed by atoms with E-state index in [2.05, 4.69) is 26.0 Å². The van der Waals surface area contributed by atoms with Gasteiger partial charge in [0.25, 0.3) is 0 Å². The Hall–Kier alpha value is -0.980. The van der Waals surface area contributed by atoms with Gasteiger partial charge in [0.05, 0.1) is 6.61 Å². The van der Waals surface area contributed by atoms with Gasteiger partial charge in [-0.05, 0) is 30.5 Å². The summed E-state index contributed by atoms with van der Waals surface area (Å²) in [6, 6.07) is 8.18. The Bertz CT molecular complexity index is 223. The van der Waals surface area contributed by atoms with Gasteiger partial charge in [-0.1, -0.05) is 26.0 Å². The van der Waals surface area contributed by atoms with Crippen molar-refractivity contribution in [3.05, 3.63) is 35.7 Å². The highest BCUT2D eigenvalue weighted by Crippen LogP contribution is 2.17. The van der Waals surface area contributed by atoms with E-state index in [-0.39, 0.29) is 0 Å². The van der Waals surface area contributed by atoms with Crippen LogP contribution in [0.1, 0.15) is 26.3 Å². The molecular weight excluding hydrogens is 148 g/mol. The molecule has 1 heteroatoms. The molecule has 0 fully saturated rings. The van der Waals surface area contributed by atoms with Crippen LogP contribution in [0, 0.1) is 5.92 Å². The number of hydrogen-bond donors (Lipinski definition) is 0. The van der Waals surface area contributed by atoms with E-state index in [9.17, 15) is 0 Å². The predicted octanol–water partition coefficient (Wildman–Crippen LogP) is 3.05. The average Bonchev–Trinajstić information content (AvgIpc) is 2.06. The fourth-order valence-electron chi connectivity index (χ4n) is 1.05. The summed E-state index contributed by atoms with van der Waals surface area (Å²) >= 11 is 0. The second-order valence-electron chi connectivity index (χ2n) is 2.96. The summed E-state index contributed by atoms with van der Waals surface area (Å²) in [4.78, 5) is 0. The number of hydrogen-bond acceptors (Lipinski definition) is 1. The number of rotatable bonds is 3. The third-order valence-corrected chi connectivity index (χ3v) is 1.74. The molecule has 0 aliphatic heterocycles. The Morgan fingerprint density at radius 3 is 2.17 bits per heavy atom. The van der Waals surface area contributed by atoms with Crippen LogP contribution in [0.25, 0.3) is 0 Å². The van der Waals surface area contributed by atoms with E-state index in [4.69, 9.17) is 4.74 Å². The standard InChI is InChI=1S/C11H15O/c1-4-12-11-7-5-10(6-8-11)9(2)3/h5-8H,4H2,1-3H3. The summed E-state index contributed by atoms with van der Waals surface area (Å²) < 4.78 is 5.33. The Kier molecular flexibility index (Phi) is 3.15. The average molecular weight is 163 g/mol. The molecule has 0 unspecified atom stereocenters. The zero-order chi connectivity index (χ0) is 8.97. The lowest BCUT2D eigenvalue weighted by molar-refractivity contribution is 0.340. The molecule has 0 amide bonds. The molecule has 12 heavy (non-hydrogen) atoms. The van der Waals surface area contributed by atoms with Crippen molar-refractivity contribution in [3.63, 3.8) is 0 Å². The first-order valence-corrected chi connectivity index (χ1v) is 4.27. The highest BCUT2D eigenvalue weighted by atomic mass is 16.5. The summed E-state index contributed by atoms with van der Waals surface area (Å²) in [5, 5.41) is 0. The molecule has 1 nitrogen and oxygen atoms in total. The van der Waals surface area contributed by atoms with Gasteiger partial charge in [-0.3, -0.25) is 0 Å². The zero-order valence-electron chi connectivity index (χ0n) is 7.92. The maximum atomic E-state index is 5.33. The molecule has 0 saturated carbocycles. The minimum Gasteiger partial charge on any atom is -0.494 e. The maximum Gasteiger partial charge on any atom is 0.119 e. The molecule has 0 bridgehead atoms. The topological polar surface area (TPSA) is 9.23 Å². The lowest BCUT2D eigenvalue weighted by atomic mass is 10.0. The van der Waals surface area contributed by atoms with Crippen molar-refractivity contribution in [2.75, 3.05) is 6.61 Å². The van der Waals surface area contributed by atoms with Crippen LogP contribution in [0.3, 0.4) is 0 Å². The van der Waals surface area contributed by atoms with Crippen molar-refractivity contribution in [2.45, 2.75) is 20.8 Å². The van der Waals surface area contributed by atoms with Crippen LogP contribution in [0.2, 0.25) is 0 Å². The fraction of sp³-hybridized carbons (Fsp3) is 0.364. The van der Waals surface area contributed by atoms with Crippen molar-refractivity contribution in [3.8, 4) is 5.75 Å². The molecule has 0 heterocycles. The SMILES string of the molecule is CCOc1ccc([C](C)C)cc1. The first kappa shape index (κ1) is 9.11. The molecule has 65 valence electrons. The first-order chi connectivity index (χ1) is 5.74. The van der Waals surface area contributed by atoms with E-state index in [1.165, 1.54) is 11.5 Å². The van der Waals surface area contributed by atoms with Crippen LogP contribution in [0.15, 0.2) is 24.3 Å². The zero-order valence-corrected chi connectivity index (χ0v) is 7.92. The Balaban J connectivity index is 2.71. The molecular formula is C11H15O. The van der Waals surface area contributed by atoms with Crippen LogP contribution in [-0.2, 0) is 0 Å². The largest absolute Gasteiger partial charge is 0.494 e. The van der Waals surface area contributed by atoms with Gasteiger partial charge in [0.15, 0.2) is 0 Å². The minimum atomic E-state index is 0.730. The molecule has 0 N–H and O–H groups in total. The van der Waals surface area contributed by atoms with Gasteiger partial charge in [0.1, 0.15) is 5.75 Å². The Morgan fingerprint density at radius 1 is 1.17 bits per heavy atom. The van der Waals surface area contributed by atoms with Crippen molar-refractivity contribution in [1.29, 1.82) is 0 Å². The van der Waals surface area contributed by atoms with Crippen LogP contribution in [0.4, 0.5) is 0 Å². The summed E-state index contributed by atoms with van der Waals surface area (Å²) in [5.41, 5.74) is 1.28. The van der Waals surface area contributed by atoms with E-state index < -0.39 is 0 Å². The van der Waals surface area contributed by atoms with Crippen molar-refractivity contribution >= 4 is 0 Å². The molecule has 0 spiro atoms. The highest BCUT2D eigenvalue weighted by molar-refractivity contribution is 5.34. The summed E-state index contributed by atoms with van der Waals surface area (Å²) in [6.07, 6.45) is 0. The van der Waals surface area contributed by atoms with Crippen molar-refractivity contribution in [2.24, 2.45) is 0 Å². The molecule has 0 aromatic heterocycles. The van der Waals surface area contributed by atoms with Crippen LogP contribution < -0.4 is 4.74 Å². The van der Waals surface area contributed by atoms with Gasteiger partial charge in [-0.25, -0.2) is 0 Å². The second-order valence-corrected chi connectivity index (χ2v) is 2.96. The number of benzene rings is 1. The summed E-state index contributed by atoms with van der Waals surface area (Å²) in [7, 11) is 0. The second kappa shape index (κ2) is 4.15. The van der Waals surface area contributed by atoms with Crippen molar-refractivity contribution in [1.82, 2.24) is 0 Å². The van der Waals surface area contributed by atoms with Crippen LogP contribution in [0.5, 0.6) is 5.75 Å². The number of ether oxygens (including phenoxy) is 1. The summed E-state index contributed by atoms with van der Waals surface area (Å²) in [5.74, 6) is 2.28. The van der Waals surface area contributed by atoms with Crippen LogP contribution in [-0.4, -0.2) is 6.61 Å². The van der Waals surface area contributed by atoms with Gasteiger partial charge in [-0.2, -0.15) is 0 Å². The lowest BCUT2D eigenvalue weighted by Crippen LogP contribution is -1.92. The molecule has 1 rings (SSSR count). The molecule has 0 aliphatic carbocycles. The first-order valence-electron chi connectivity index (χ1n) is 4.27. The molecule has 0 saturated heterocycles. The fourth-order valence-corrected chi connectivity index (χ4v) is 1.05. The smallest absolute Gasteiger partial charge is 0.119 e. The molecule has 1 aromatic carbocycles. The minimum absolute atomic E-state index is 0.730. The summed E-state index contributed by atoms with van der Waals surface area (Å²) in [6.45, 7) is 6.94. The molecule has 1 aromatic rings. The Labute approximate surface area is 74.4 Å². The molecule has 0 aliphatic rings. The van der Waals surface area contributed by atoms with Gasteiger partial charge in [-0.15, -0.1) is 0 Å². The van der Waals surface area contributed by atoms with Crippen molar-refractivity contribution < 1.29 is 4.74 Å².